The number of benzene rings is 2. The van der Waals surface area contributed by atoms with Crippen molar-refractivity contribution in [3.8, 4) is 28.4 Å². The van der Waals surface area contributed by atoms with Crippen molar-refractivity contribution in [2.24, 2.45) is 5.92 Å². The van der Waals surface area contributed by atoms with Crippen LogP contribution in [0.2, 0.25) is 0 Å². The lowest BCUT2D eigenvalue weighted by atomic mass is 9.95. The van der Waals surface area contributed by atoms with Gasteiger partial charge in [-0.1, -0.05) is 6.07 Å². The van der Waals surface area contributed by atoms with Gasteiger partial charge in [0.25, 0.3) is 0 Å². The molecule has 1 fully saturated rings. The number of carbonyl (C=O) groups is 1. The third kappa shape index (κ3) is 5.47. The third-order valence-corrected chi connectivity index (χ3v) is 6.69. The highest BCUT2D eigenvalue weighted by molar-refractivity contribution is 5.95. The van der Waals surface area contributed by atoms with E-state index in [1.807, 2.05) is 43.3 Å². The van der Waals surface area contributed by atoms with E-state index in [1.165, 1.54) is 0 Å². The zero-order valence-electron chi connectivity index (χ0n) is 20.7. The molecule has 0 radical (unpaired) electrons. The molecule has 9 nitrogen and oxygen atoms in total. The minimum Gasteiger partial charge on any atom is -0.497 e. The topological polar surface area (TPSA) is 97.9 Å². The van der Waals surface area contributed by atoms with Crippen LogP contribution in [0.5, 0.6) is 17.2 Å². The summed E-state index contributed by atoms with van der Waals surface area (Å²) in [5, 5.41) is 10.2. The van der Waals surface area contributed by atoms with Gasteiger partial charge in [0.1, 0.15) is 30.5 Å². The fraction of sp³-hybridized carbons (Fsp3) is 0.407. The van der Waals surface area contributed by atoms with Gasteiger partial charge >= 0.3 is 0 Å². The lowest BCUT2D eigenvalue weighted by Crippen LogP contribution is -2.38. The molecule has 1 amide bonds. The first-order chi connectivity index (χ1) is 17.6. The Balaban J connectivity index is 1.31. The second-order valence-electron chi connectivity index (χ2n) is 9.10. The molecule has 5 rings (SSSR count). The first-order valence-corrected chi connectivity index (χ1v) is 12.3. The minimum atomic E-state index is -0.318. The van der Waals surface area contributed by atoms with Gasteiger partial charge in [-0.05, 0) is 54.8 Å². The number of amides is 1. The van der Waals surface area contributed by atoms with E-state index in [0.717, 1.165) is 66.7 Å². The number of aromatic amines is 1. The summed E-state index contributed by atoms with van der Waals surface area (Å²) in [6, 6.07) is 11.5. The highest BCUT2D eigenvalue weighted by atomic mass is 16.5. The predicted octanol–water partition coefficient (Wildman–Crippen LogP) is 3.29. The summed E-state index contributed by atoms with van der Waals surface area (Å²) < 4.78 is 22.8. The number of aromatic nitrogens is 2. The number of carbonyl (C=O) groups excluding carboxylic acids is 1. The Morgan fingerprint density at radius 1 is 1.22 bits per heavy atom. The van der Waals surface area contributed by atoms with E-state index in [0.29, 0.717) is 31.1 Å². The summed E-state index contributed by atoms with van der Waals surface area (Å²) in [7, 11) is 1.63. The van der Waals surface area contributed by atoms with E-state index in [-0.39, 0.29) is 11.8 Å². The molecule has 0 unspecified atom stereocenters. The van der Waals surface area contributed by atoms with Crippen molar-refractivity contribution in [2.75, 3.05) is 58.5 Å². The fourth-order valence-corrected chi connectivity index (χ4v) is 4.56. The average Bonchev–Trinajstić information content (AvgIpc) is 3.35. The molecule has 2 N–H and O–H groups in total. The maximum Gasteiger partial charge on any atom is 0.231 e. The summed E-state index contributed by atoms with van der Waals surface area (Å²) in [4.78, 5) is 15.6. The van der Waals surface area contributed by atoms with Crippen molar-refractivity contribution < 1.29 is 23.7 Å². The normalized spacial score (nSPS) is 17.7. The Hall–Kier alpha value is -3.56. The number of methoxy groups -OCH3 is 1. The Labute approximate surface area is 210 Å². The molecular formula is C27H32N4O5. The number of anilines is 1. The summed E-state index contributed by atoms with van der Waals surface area (Å²) in [6.45, 7) is 6.89. The molecule has 0 aliphatic carbocycles. The van der Waals surface area contributed by atoms with E-state index < -0.39 is 0 Å². The molecule has 1 saturated heterocycles. The number of nitrogens with one attached hydrogen (secondary N) is 2. The van der Waals surface area contributed by atoms with E-state index in [4.69, 9.17) is 18.9 Å². The maximum absolute atomic E-state index is 13.3. The van der Waals surface area contributed by atoms with E-state index in [9.17, 15) is 4.79 Å². The molecule has 3 heterocycles. The quantitative estimate of drug-likeness (QED) is 0.498. The van der Waals surface area contributed by atoms with Gasteiger partial charge in [-0.15, -0.1) is 0 Å². The van der Waals surface area contributed by atoms with Gasteiger partial charge in [0, 0.05) is 30.9 Å². The molecular weight excluding hydrogens is 460 g/mol. The monoisotopic (exact) mass is 492 g/mol. The number of nitrogens with zero attached hydrogens (tertiary/aromatic N) is 2. The molecule has 0 bridgehead atoms. The first-order valence-electron chi connectivity index (χ1n) is 12.3. The molecule has 0 saturated carbocycles. The molecule has 1 atom stereocenters. The highest BCUT2D eigenvalue weighted by Gasteiger charge is 2.27. The average molecular weight is 493 g/mol. The molecule has 1 aromatic heterocycles. The first kappa shape index (κ1) is 24.1. The lowest BCUT2D eigenvalue weighted by Gasteiger charge is -2.27. The smallest absolute Gasteiger partial charge is 0.231 e. The Morgan fingerprint density at radius 2 is 2.08 bits per heavy atom. The van der Waals surface area contributed by atoms with Crippen LogP contribution in [0.4, 0.5) is 5.69 Å². The standard InChI is InChI=1S/C27H32N4O5/c1-18-23(16-28-30-18)19-3-5-24(26(15-19)35-12-9-31-7-10-34-11-8-31)29-27(32)21-13-20-14-22(33-2)4-6-25(20)36-17-21/h3-6,14-16,21H,7-13,17H2,1-2H3,(H,28,30)(H,29,32)/t21-/m1/s1. The fourth-order valence-electron chi connectivity index (χ4n) is 4.56. The van der Waals surface area contributed by atoms with E-state index >= 15 is 0 Å². The largest absolute Gasteiger partial charge is 0.497 e. The maximum atomic E-state index is 13.3. The summed E-state index contributed by atoms with van der Waals surface area (Å²) in [5.41, 5.74) is 4.55. The number of hydrogen-bond acceptors (Lipinski definition) is 7. The summed E-state index contributed by atoms with van der Waals surface area (Å²) >= 11 is 0. The predicted molar refractivity (Wildman–Crippen MR) is 136 cm³/mol. The molecule has 9 heteroatoms. The number of H-pyrrole nitrogens is 1. The molecule has 0 spiro atoms. The number of morpholine rings is 1. The number of aryl methyl sites for hydroxylation is 1. The number of ether oxygens (including phenoxy) is 4. The van der Waals surface area contributed by atoms with Gasteiger partial charge in [-0.25, -0.2) is 0 Å². The van der Waals surface area contributed by atoms with Crippen molar-refractivity contribution in [3.05, 3.63) is 53.9 Å². The van der Waals surface area contributed by atoms with Crippen molar-refractivity contribution >= 4 is 11.6 Å². The summed E-state index contributed by atoms with van der Waals surface area (Å²) in [5.74, 6) is 1.76. The Bertz CT molecular complexity index is 1200. The van der Waals surface area contributed by atoms with Crippen LogP contribution in [-0.2, 0) is 16.0 Å². The van der Waals surface area contributed by atoms with Gasteiger partial charge in [-0.3, -0.25) is 14.8 Å². The second-order valence-corrected chi connectivity index (χ2v) is 9.10. The van der Waals surface area contributed by atoms with Gasteiger partial charge < -0.3 is 24.3 Å². The van der Waals surface area contributed by atoms with Crippen LogP contribution in [0.3, 0.4) is 0 Å². The van der Waals surface area contributed by atoms with Crippen LogP contribution in [0.25, 0.3) is 11.1 Å². The van der Waals surface area contributed by atoms with Gasteiger partial charge in [0.15, 0.2) is 0 Å². The van der Waals surface area contributed by atoms with Gasteiger partial charge in [0.2, 0.25) is 5.91 Å². The van der Waals surface area contributed by atoms with Crippen LogP contribution in [0.1, 0.15) is 11.3 Å². The van der Waals surface area contributed by atoms with Crippen molar-refractivity contribution in [1.82, 2.24) is 15.1 Å². The van der Waals surface area contributed by atoms with Crippen molar-refractivity contribution in [2.45, 2.75) is 13.3 Å². The number of rotatable bonds is 8. The van der Waals surface area contributed by atoms with Crippen LogP contribution in [-0.4, -0.2) is 74.2 Å². The van der Waals surface area contributed by atoms with Crippen LogP contribution >= 0.6 is 0 Å². The van der Waals surface area contributed by atoms with Crippen LogP contribution in [0.15, 0.2) is 42.6 Å². The molecule has 2 aliphatic rings. The Morgan fingerprint density at radius 3 is 2.86 bits per heavy atom. The van der Waals surface area contributed by atoms with E-state index in [1.54, 1.807) is 13.3 Å². The Kier molecular flexibility index (Phi) is 7.39. The SMILES string of the molecule is COc1ccc2c(c1)C[C@@H](C(=O)Nc1ccc(-c3cn[nH]c3C)cc1OCCN1CCOCC1)CO2. The lowest BCUT2D eigenvalue weighted by molar-refractivity contribution is -0.121. The van der Waals surface area contributed by atoms with E-state index in [2.05, 4.69) is 20.4 Å². The molecule has 190 valence electrons. The highest BCUT2D eigenvalue weighted by Crippen LogP contribution is 2.34. The van der Waals surface area contributed by atoms with Crippen LogP contribution in [0, 0.1) is 12.8 Å². The second kappa shape index (κ2) is 11.0. The molecule has 36 heavy (non-hydrogen) atoms. The number of hydrogen-bond donors (Lipinski definition) is 2. The molecule has 3 aromatic rings. The zero-order valence-corrected chi connectivity index (χ0v) is 20.7. The zero-order chi connectivity index (χ0) is 24.9. The molecule has 2 aromatic carbocycles. The summed E-state index contributed by atoms with van der Waals surface area (Å²) in [6.07, 6.45) is 2.38. The van der Waals surface area contributed by atoms with Gasteiger partial charge in [-0.2, -0.15) is 5.10 Å². The van der Waals surface area contributed by atoms with Crippen molar-refractivity contribution in [3.63, 3.8) is 0 Å². The molecule has 2 aliphatic heterocycles. The van der Waals surface area contributed by atoms with Crippen LogP contribution < -0.4 is 19.5 Å². The van der Waals surface area contributed by atoms with Gasteiger partial charge in [0.05, 0.1) is 38.1 Å². The minimum absolute atomic E-state index is 0.103. The van der Waals surface area contributed by atoms with Crippen molar-refractivity contribution in [1.29, 1.82) is 0 Å². The number of fused-ring (bicyclic) bond motifs is 1. The third-order valence-electron chi connectivity index (χ3n) is 6.69.